The van der Waals surface area contributed by atoms with Gasteiger partial charge in [-0.25, -0.2) is 0 Å². The first-order valence-electron chi connectivity index (χ1n) is 11.3. The van der Waals surface area contributed by atoms with Crippen molar-refractivity contribution in [3.8, 4) is 33.8 Å². The summed E-state index contributed by atoms with van der Waals surface area (Å²) in [7, 11) is 0. The van der Waals surface area contributed by atoms with Crippen LogP contribution in [-0.4, -0.2) is 21.4 Å². The first-order valence-corrected chi connectivity index (χ1v) is 11.3. The molecule has 0 bridgehead atoms. The molecule has 3 N–H and O–H groups in total. The van der Waals surface area contributed by atoms with E-state index in [1.807, 2.05) is 82.3 Å². The first kappa shape index (κ1) is 22.9. The van der Waals surface area contributed by atoms with E-state index in [4.69, 9.17) is 5.11 Å². The molecule has 0 heterocycles. The van der Waals surface area contributed by atoms with Crippen molar-refractivity contribution in [3.05, 3.63) is 71.8 Å². The number of benzene rings is 3. The number of aliphatic hydroxyl groups is 1. The minimum Gasteiger partial charge on any atom is -0.504 e. The largest absolute Gasteiger partial charge is 0.504 e. The molecule has 31 heavy (non-hydrogen) atoms. The molecule has 2 fully saturated rings. The van der Waals surface area contributed by atoms with Gasteiger partial charge in [0.05, 0.1) is 6.10 Å². The Hall–Kier alpha value is -2.78. The summed E-state index contributed by atoms with van der Waals surface area (Å²) in [4.78, 5) is 0. The number of hydrogen-bond donors (Lipinski definition) is 3. The van der Waals surface area contributed by atoms with E-state index in [-0.39, 0.29) is 17.6 Å². The van der Waals surface area contributed by atoms with Crippen LogP contribution in [0.5, 0.6) is 11.5 Å². The Kier molecular flexibility index (Phi) is 7.40. The Morgan fingerprint density at radius 1 is 0.710 bits per heavy atom. The van der Waals surface area contributed by atoms with Gasteiger partial charge >= 0.3 is 0 Å². The topological polar surface area (TPSA) is 60.7 Å². The van der Waals surface area contributed by atoms with Gasteiger partial charge in [-0.3, -0.25) is 0 Å². The molecule has 3 nitrogen and oxygen atoms in total. The lowest BCUT2D eigenvalue weighted by atomic mass is 9.92. The summed E-state index contributed by atoms with van der Waals surface area (Å²) in [6, 6.07) is 19.4. The SMILES string of the molecule is CC.Cc1ccc(-c2ccc(O)c(O)c2-c2ccc(C)cc2)cc1.OC1CCC2CC12. The fraction of sp³-hybridized carbons (Fsp3) is 0.357. The van der Waals surface area contributed by atoms with E-state index in [0.717, 1.165) is 40.5 Å². The van der Waals surface area contributed by atoms with Crippen LogP contribution < -0.4 is 0 Å². The lowest BCUT2D eigenvalue weighted by Crippen LogP contribution is -2.02. The molecule has 0 spiro atoms. The van der Waals surface area contributed by atoms with Gasteiger partial charge in [-0.1, -0.05) is 73.5 Å². The predicted octanol–water partition coefficient (Wildman–Crippen LogP) is 6.85. The molecule has 0 saturated heterocycles. The number of aryl methyl sites for hydroxylation is 2. The zero-order chi connectivity index (χ0) is 22.5. The van der Waals surface area contributed by atoms with E-state index in [0.29, 0.717) is 5.56 Å². The van der Waals surface area contributed by atoms with Crippen molar-refractivity contribution in [1.82, 2.24) is 0 Å². The highest BCUT2D eigenvalue weighted by Crippen LogP contribution is 2.51. The monoisotopic (exact) mass is 418 g/mol. The van der Waals surface area contributed by atoms with Crippen LogP contribution in [0, 0.1) is 25.7 Å². The van der Waals surface area contributed by atoms with E-state index in [1.54, 1.807) is 0 Å². The maximum Gasteiger partial charge on any atom is 0.166 e. The van der Waals surface area contributed by atoms with Crippen molar-refractivity contribution in [2.24, 2.45) is 11.8 Å². The molecule has 3 aromatic rings. The lowest BCUT2D eigenvalue weighted by molar-refractivity contribution is 0.159. The molecule has 3 heteroatoms. The Balaban J connectivity index is 0.000000250. The minimum atomic E-state index is -0.105. The fourth-order valence-corrected chi connectivity index (χ4v) is 4.24. The smallest absolute Gasteiger partial charge is 0.166 e. The van der Waals surface area contributed by atoms with E-state index in [2.05, 4.69) is 0 Å². The van der Waals surface area contributed by atoms with Gasteiger partial charge in [0.15, 0.2) is 11.5 Å². The molecule has 3 atom stereocenters. The lowest BCUT2D eigenvalue weighted by Gasteiger charge is -2.14. The molecule has 5 rings (SSSR count). The summed E-state index contributed by atoms with van der Waals surface area (Å²) in [6.45, 7) is 8.06. The number of fused-ring (bicyclic) bond motifs is 1. The van der Waals surface area contributed by atoms with Crippen LogP contribution in [0.2, 0.25) is 0 Å². The van der Waals surface area contributed by atoms with E-state index in [1.165, 1.54) is 24.5 Å². The number of aliphatic hydroxyl groups excluding tert-OH is 1. The van der Waals surface area contributed by atoms with Crippen molar-refractivity contribution in [2.45, 2.75) is 53.1 Å². The maximum absolute atomic E-state index is 10.4. The molecule has 0 radical (unpaired) electrons. The third-order valence-electron chi connectivity index (χ3n) is 6.16. The summed E-state index contributed by atoms with van der Waals surface area (Å²) in [5, 5.41) is 29.3. The van der Waals surface area contributed by atoms with Gasteiger partial charge in [-0.05, 0) is 73.8 Å². The Morgan fingerprint density at radius 2 is 1.26 bits per heavy atom. The molecule has 3 aromatic carbocycles. The summed E-state index contributed by atoms with van der Waals surface area (Å²) >= 11 is 0. The van der Waals surface area contributed by atoms with Crippen LogP contribution in [0.15, 0.2) is 60.7 Å². The van der Waals surface area contributed by atoms with Crippen LogP contribution in [0.1, 0.15) is 44.2 Å². The molecule has 164 valence electrons. The highest BCUT2D eigenvalue weighted by molar-refractivity contribution is 5.89. The number of phenolic OH excluding ortho intramolecular Hbond substituents is 2. The van der Waals surface area contributed by atoms with Crippen molar-refractivity contribution >= 4 is 0 Å². The molecule has 3 unspecified atom stereocenters. The normalized spacial score (nSPS) is 20.6. The zero-order valence-electron chi connectivity index (χ0n) is 19.0. The van der Waals surface area contributed by atoms with Gasteiger partial charge < -0.3 is 15.3 Å². The van der Waals surface area contributed by atoms with Crippen LogP contribution in [-0.2, 0) is 0 Å². The number of rotatable bonds is 2. The summed E-state index contributed by atoms with van der Waals surface area (Å²) in [6.07, 6.45) is 3.78. The third-order valence-corrected chi connectivity index (χ3v) is 6.16. The standard InChI is InChI=1S/C20H18O2.C6H10O.C2H6/c1-13-3-7-15(8-4-13)17-11-12-18(21)20(22)19(17)16-9-5-14(2)6-10-16;7-6-2-1-4-3-5(4)6;1-2/h3-12,21-22H,1-2H3;4-7H,1-3H2;1-2H3. The average molecular weight is 419 g/mol. The number of phenols is 2. The van der Waals surface area contributed by atoms with Crippen molar-refractivity contribution < 1.29 is 15.3 Å². The maximum atomic E-state index is 10.4. The van der Waals surface area contributed by atoms with Crippen LogP contribution in [0.25, 0.3) is 22.3 Å². The molecule has 2 aliphatic rings. The zero-order valence-corrected chi connectivity index (χ0v) is 19.0. The van der Waals surface area contributed by atoms with Gasteiger partial charge in [-0.15, -0.1) is 0 Å². The first-order chi connectivity index (χ1) is 14.9. The number of hydrogen-bond acceptors (Lipinski definition) is 3. The second-order valence-electron chi connectivity index (χ2n) is 8.39. The molecule has 2 aliphatic carbocycles. The second kappa shape index (κ2) is 10.0. The van der Waals surface area contributed by atoms with Gasteiger partial charge in [0.1, 0.15) is 0 Å². The van der Waals surface area contributed by atoms with Gasteiger partial charge in [0, 0.05) is 5.56 Å². The quantitative estimate of drug-likeness (QED) is 0.399. The van der Waals surface area contributed by atoms with E-state index >= 15 is 0 Å². The highest BCUT2D eigenvalue weighted by atomic mass is 16.3. The molecule has 0 amide bonds. The molecule has 2 saturated carbocycles. The minimum absolute atomic E-state index is 0.0815. The molecule has 0 aromatic heterocycles. The predicted molar refractivity (Wildman–Crippen MR) is 128 cm³/mol. The van der Waals surface area contributed by atoms with E-state index < -0.39 is 0 Å². The average Bonchev–Trinajstić information content (AvgIpc) is 3.49. The second-order valence-corrected chi connectivity index (χ2v) is 8.39. The van der Waals surface area contributed by atoms with Crippen LogP contribution in [0.4, 0.5) is 0 Å². The Morgan fingerprint density at radius 3 is 1.68 bits per heavy atom. The van der Waals surface area contributed by atoms with Gasteiger partial charge in [0.25, 0.3) is 0 Å². The van der Waals surface area contributed by atoms with Gasteiger partial charge in [0.2, 0.25) is 0 Å². The van der Waals surface area contributed by atoms with Crippen LogP contribution in [0.3, 0.4) is 0 Å². The van der Waals surface area contributed by atoms with E-state index in [9.17, 15) is 10.2 Å². The summed E-state index contributed by atoms with van der Waals surface area (Å²) in [5.74, 6) is 1.49. The van der Waals surface area contributed by atoms with Crippen LogP contribution >= 0.6 is 0 Å². The van der Waals surface area contributed by atoms with Crippen molar-refractivity contribution in [2.75, 3.05) is 0 Å². The van der Waals surface area contributed by atoms with Crippen molar-refractivity contribution in [3.63, 3.8) is 0 Å². The molecule has 0 aliphatic heterocycles. The summed E-state index contributed by atoms with van der Waals surface area (Å²) < 4.78 is 0. The van der Waals surface area contributed by atoms with Gasteiger partial charge in [-0.2, -0.15) is 0 Å². The molecular weight excluding hydrogens is 384 g/mol. The Labute approximate surface area is 186 Å². The fourth-order valence-electron chi connectivity index (χ4n) is 4.24. The van der Waals surface area contributed by atoms with Crippen molar-refractivity contribution in [1.29, 1.82) is 0 Å². The Bertz CT molecular complexity index is 990. The highest BCUT2D eigenvalue weighted by Gasteiger charge is 2.47. The third kappa shape index (κ3) is 5.29. The molecular formula is C28H34O3. The number of aromatic hydroxyl groups is 2. The summed E-state index contributed by atoms with van der Waals surface area (Å²) in [5.41, 5.74) is 5.79.